The molecule has 0 unspecified atom stereocenters. The monoisotopic (exact) mass is 197 g/mol. The molecule has 0 radical (unpaired) electrons. The summed E-state index contributed by atoms with van der Waals surface area (Å²) in [5.41, 5.74) is 1.16. The van der Waals surface area contributed by atoms with Crippen LogP contribution >= 0.6 is 0 Å². The zero-order valence-electron chi connectivity index (χ0n) is 7.18. The molecule has 1 aliphatic rings. The van der Waals surface area contributed by atoms with Gasteiger partial charge in [0.15, 0.2) is 9.84 Å². The Hall–Kier alpha value is -0.870. The summed E-state index contributed by atoms with van der Waals surface area (Å²) >= 11 is 0. The summed E-state index contributed by atoms with van der Waals surface area (Å²) < 4.78 is 21.7. The summed E-state index contributed by atoms with van der Waals surface area (Å²) in [6, 6.07) is 9.89. The average molecular weight is 197 g/mol. The molecule has 0 aliphatic carbocycles. The van der Waals surface area contributed by atoms with Gasteiger partial charge in [-0.1, -0.05) is 30.3 Å². The van der Waals surface area contributed by atoms with Gasteiger partial charge in [-0.05, 0) is 5.56 Å². The van der Waals surface area contributed by atoms with Gasteiger partial charge in [-0.15, -0.1) is 0 Å². The zero-order valence-corrected chi connectivity index (χ0v) is 8.00. The van der Waals surface area contributed by atoms with Gasteiger partial charge in [-0.3, -0.25) is 4.90 Å². The number of hydrogen-bond acceptors (Lipinski definition) is 3. The number of sulfone groups is 1. The van der Waals surface area contributed by atoms with E-state index in [1.165, 1.54) is 0 Å². The molecule has 0 atom stereocenters. The third kappa shape index (κ3) is 2.08. The average Bonchev–Trinajstić information content (AvgIpc) is 2.03. The number of rotatable bonds is 2. The molecule has 1 aromatic rings. The fourth-order valence-corrected chi connectivity index (χ4v) is 2.67. The van der Waals surface area contributed by atoms with E-state index in [-0.39, 0.29) is 11.8 Å². The first kappa shape index (κ1) is 8.72. The highest BCUT2D eigenvalue weighted by Crippen LogP contribution is 2.15. The van der Waals surface area contributed by atoms with Crippen LogP contribution in [0.4, 0.5) is 0 Å². The molecule has 1 fully saturated rings. The Morgan fingerprint density at radius 2 is 1.77 bits per heavy atom. The fourth-order valence-electron chi connectivity index (χ4n) is 1.45. The van der Waals surface area contributed by atoms with Crippen LogP contribution in [0, 0.1) is 0 Å². The van der Waals surface area contributed by atoms with Gasteiger partial charge in [0.1, 0.15) is 11.8 Å². The van der Waals surface area contributed by atoms with Crippen LogP contribution in [0.3, 0.4) is 0 Å². The van der Waals surface area contributed by atoms with Crippen LogP contribution in [0.1, 0.15) is 5.56 Å². The van der Waals surface area contributed by atoms with Gasteiger partial charge in [-0.25, -0.2) is 8.42 Å². The molecule has 0 saturated carbocycles. The van der Waals surface area contributed by atoms with E-state index in [1.54, 1.807) is 0 Å². The molecule has 1 saturated heterocycles. The molecule has 0 bridgehead atoms. The van der Waals surface area contributed by atoms with Gasteiger partial charge in [0.2, 0.25) is 0 Å². The van der Waals surface area contributed by atoms with Crippen molar-refractivity contribution in [3.63, 3.8) is 0 Å². The largest absolute Gasteiger partial charge is 0.271 e. The second kappa shape index (κ2) is 3.12. The third-order valence-electron chi connectivity index (χ3n) is 2.01. The van der Waals surface area contributed by atoms with Gasteiger partial charge in [0.25, 0.3) is 0 Å². The van der Waals surface area contributed by atoms with Crippen molar-refractivity contribution in [3.05, 3.63) is 35.9 Å². The molecule has 0 amide bonds. The molecule has 2 rings (SSSR count). The maximum absolute atomic E-state index is 10.8. The second-order valence-electron chi connectivity index (χ2n) is 3.32. The van der Waals surface area contributed by atoms with Crippen molar-refractivity contribution in [3.8, 4) is 0 Å². The van der Waals surface area contributed by atoms with Crippen molar-refractivity contribution < 1.29 is 8.42 Å². The first-order valence-corrected chi connectivity index (χ1v) is 5.94. The van der Waals surface area contributed by atoms with E-state index in [4.69, 9.17) is 0 Å². The number of benzene rings is 1. The SMILES string of the molecule is O=S1(=O)CN(Cc2ccccc2)C1. The van der Waals surface area contributed by atoms with Crippen molar-refractivity contribution >= 4 is 9.84 Å². The van der Waals surface area contributed by atoms with E-state index in [1.807, 2.05) is 35.2 Å². The van der Waals surface area contributed by atoms with Gasteiger partial charge < -0.3 is 0 Å². The molecular weight excluding hydrogens is 186 g/mol. The molecule has 13 heavy (non-hydrogen) atoms. The number of nitrogens with zero attached hydrogens (tertiary/aromatic N) is 1. The van der Waals surface area contributed by atoms with Crippen LogP contribution in [0.5, 0.6) is 0 Å². The highest BCUT2D eigenvalue weighted by Gasteiger charge is 2.29. The molecule has 1 aromatic carbocycles. The van der Waals surface area contributed by atoms with E-state index in [0.717, 1.165) is 12.1 Å². The highest BCUT2D eigenvalue weighted by atomic mass is 32.2. The summed E-state index contributed by atoms with van der Waals surface area (Å²) in [7, 11) is -2.72. The molecule has 4 heteroatoms. The van der Waals surface area contributed by atoms with Crippen LogP contribution in [0.2, 0.25) is 0 Å². The van der Waals surface area contributed by atoms with E-state index in [0.29, 0.717) is 0 Å². The highest BCUT2D eigenvalue weighted by molar-refractivity contribution is 7.92. The molecule has 3 nitrogen and oxygen atoms in total. The first-order chi connectivity index (χ1) is 6.16. The lowest BCUT2D eigenvalue weighted by Gasteiger charge is -2.30. The predicted molar refractivity (Wildman–Crippen MR) is 50.6 cm³/mol. The Labute approximate surface area is 77.9 Å². The van der Waals surface area contributed by atoms with Crippen molar-refractivity contribution in [1.29, 1.82) is 0 Å². The van der Waals surface area contributed by atoms with E-state index >= 15 is 0 Å². The van der Waals surface area contributed by atoms with Crippen molar-refractivity contribution in [1.82, 2.24) is 4.90 Å². The topological polar surface area (TPSA) is 37.4 Å². The Bertz CT molecular complexity index is 373. The Balaban J connectivity index is 1.95. The third-order valence-corrected chi connectivity index (χ3v) is 3.52. The molecule has 0 N–H and O–H groups in total. The lowest BCUT2D eigenvalue weighted by molar-refractivity contribution is 0.309. The van der Waals surface area contributed by atoms with E-state index in [2.05, 4.69) is 0 Å². The fraction of sp³-hybridized carbons (Fsp3) is 0.333. The van der Waals surface area contributed by atoms with Gasteiger partial charge in [0, 0.05) is 6.54 Å². The summed E-state index contributed by atoms with van der Waals surface area (Å²) in [6.45, 7) is 0.736. The molecule has 70 valence electrons. The minimum atomic E-state index is -2.72. The maximum atomic E-state index is 10.8. The minimum Gasteiger partial charge on any atom is -0.271 e. The van der Waals surface area contributed by atoms with Gasteiger partial charge in [0.05, 0.1) is 0 Å². The normalized spacial score (nSPS) is 20.9. The molecular formula is C9H11NO2S. The van der Waals surface area contributed by atoms with Crippen LogP contribution < -0.4 is 0 Å². The molecule has 1 aliphatic heterocycles. The Morgan fingerprint density at radius 3 is 2.31 bits per heavy atom. The second-order valence-corrected chi connectivity index (χ2v) is 5.32. The van der Waals surface area contributed by atoms with Crippen LogP contribution in [0.25, 0.3) is 0 Å². The zero-order chi connectivity index (χ0) is 9.31. The van der Waals surface area contributed by atoms with Crippen molar-refractivity contribution in [2.75, 3.05) is 11.8 Å². The summed E-state index contributed by atoms with van der Waals surface area (Å²) in [4.78, 5) is 1.91. The van der Waals surface area contributed by atoms with Crippen molar-refractivity contribution in [2.45, 2.75) is 6.54 Å². The van der Waals surface area contributed by atoms with Gasteiger partial charge in [-0.2, -0.15) is 0 Å². The lowest BCUT2D eigenvalue weighted by Crippen LogP contribution is -2.45. The predicted octanol–water partition coefficient (Wildman–Crippen LogP) is 0.832. The molecule has 0 spiro atoms. The summed E-state index contributed by atoms with van der Waals surface area (Å²) in [6.07, 6.45) is 0. The van der Waals surface area contributed by atoms with Crippen molar-refractivity contribution in [2.24, 2.45) is 0 Å². The Kier molecular flexibility index (Phi) is 2.09. The first-order valence-electron chi connectivity index (χ1n) is 4.12. The molecule has 0 aromatic heterocycles. The maximum Gasteiger partial charge on any atom is 0.176 e. The molecule has 1 heterocycles. The minimum absolute atomic E-state index is 0.210. The van der Waals surface area contributed by atoms with Crippen LogP contribution in [0.15, 0.2) is 30.3 Å². The summed E-state index contributed by atoms with van der Waals surface area (Å²) in [5.74, 6) is 0.420. The standard InChI is InChI=1S/C9H11NO2S/c11-13(12)7-10(8-13)6-9-4-2-1-3-5-9/h1-5H,6-8H2. The number of hydrogen-bond donors (Lipinski definition) is 0. The Morgan fingerprint density at radius 1 is 1.15 bits per heavy atom. The van der Waals surface area contributed by atoms with E-state index < -0.39 is 9.84 Å². The summed E-state index contributed by atoms with van der Waals surface area (Å²) in [5, 5.41) is 0. The smallest absolute Gasteiger partial charge is 0.176 e. The van der Waals surface area contributed by atoms with Gasteiger partial charge >= 0.3 is 0 Å². The lowest BCUT2D eigenvalue weighted by atomic mass is 10.2. The van der Waals surface area contributed by atoms with Crippen LogP contribution in [-0.4, -0.2) is 25.1 Å². The van der Waals surface area contributed by atoms with Crippen LogP contribution in [-0.2, 0) is 16.4 Å². The quantitative estimate of drug-likeness (QED) is 0.704. The van der Waals surface area contributed by atoms with E-state index in [9.17, 15) is 8.42 Å².